The lowest BCUT2D eigenvalue weighted by Gasteiger charge is -2.25. The van der Waals surface area contributed by atoms with Crippen LogP contribution in [0.5, 0.6) is 5.75 Å². The van der Waals surface area contributed by atoms with Crippen LogP contribution in [-0.4, -0.2) is 25.6 Å². The van der Waals surface area contributed by atoms with Crippen LogP contribution in [0.4, 0.5) is 0 Å². The molecule has 1 rings (SSSR count). The first-order chi connectivity index (χ1) is 9.76. The second kappa shape index (κ2) is 7.46. The normalized spacial score (nSPS) is 13.1. The molecule has 1 atom stereocenters. The van der Waals surface area contributed by atoms with Crippen LogP contribution in [0.15, 0.2) is 24.3 Å². The Bertz CT molecular complexity index is 452. The van der Waals surface area contributed by atoms with Crippen LogP contribution in [0, 0.1) is 5.41 Å². The van der Waals surface area contributed by atoms with Gasteiger partial charge in [0.2, 0.25) is 5.91 Å². The predicted molar refractivity (Wildman–Crippen MR) is 86.5 cm³/mol. The van der Waals surface area contributed by atoms with Gasteiger partial charge in [-0.1, -0.05) is 12.1 Å². The molecule has 0 saturated heterocycles. The lowest BCUT2D eigenvalue weighted by atomic mass is 9.91. The molecule has 0 bridgehead atoms. The first-order valence-electron chi connectivity index (χ1n) is 7.48. The summed E-state index contributed by atoms with van der Waals surface area (Å²) in [4.78, 5) is 11.8. The van der Waals surface area contributed by atoms with Crippen LogP contribution in [0.25, 0.3) is 0 Å². The van der Waals surface area contributed by atoms with Crippen molar-refractivity contribution < 1.29 is 9.53 Å². The van der Waals surface area contributed by atoms with Gasteiger partial charge in [0, 0.05) is 19.6 Å². The molecule has 4 heteroatoms. The molecule has 118 valence electrons. The molecule has 0 saturated carbocycles. The van der Waals surface area contributed by atoms with Crippen LogP contribution in [0.3, 0.4) is 0 Å². The van der Waals surface area contributed by atoms with E-state index in [1.54, 1.807) is 7.05 Å². The van der Waals surface area contributed by atoms with E-state index in [9.17, 15) is 4.79 Å². The minimum absolute atomic E-state index is 0.0443. The summed E-state index contributed by atoms with van der Waals surface area (Å²) in [7, 11) is 1.67. The fourth-order valence-electron chi connectivity index (χ4n) is 2.05. The van der Waals surface area contributed by atoms with Gasteiger partial charge in [-0.05, 0) is 52.3 Å². The lowest BCUT2D eigenvalue weighted by Crippen LogP contribution is -2.42. The third kappa shape index (κ3) is 5.38. The number of benzene rings is 1. The van der Waals surface area contributed by atoms with Gasteiger partial charge in [0.05, 0.1) is 11.5 Å². The lowest BCUT2D eigenvalue weighted by molar-refractivity contribution is -0.128. The zero-order valence-corrected chi connectivity index (χ0v) is 14.0. The minimum atomic E-state index is -0.427. The second-order valence-corrected chi connectivity index (χ2v) is 6.30. The van der Waals surface area contributed by atoms with Gasteiger partial charge in [0.1, 0.15) is 5.75 Å². The van der Waals surface area contributed by atoms with Gasteiger partial charge in [-0.15, -0.1) is 0 Å². The highest BCUT2D eigenvalue weighted by molar-refractivity contribution is 5.81. The summed E-state index contributed by atoms with van der Waals surface area (Å²) in [6, 6.07) is 8.27. The molecule has 1 amide bonds. The van der Waals surface area contributed by atoms with Crippen molar-refractivity contribution >= 4 is 5.91 Å². The fraction of sp³-hybridized carbons (Fsp3) is 0.588. The average Bonchev–Trinajstić information content (AvgIpc) is 2.44. The van der Waals surface area contributed by atoms with Crippen molar-refractivity contribution in [2.75, 3.05) is 13.6 Å². The third-order valence-corrected chi connectivity index (χ3v) is 3.44. The van der Waals surface area contributed by atoms with Crippen molar-refractivity contribution in [1.29, 1.82) is 0 Å². The van der Waals surface area contributed by atoms with Gasteiger partial charge in [-0.25, -0.2) is 0 Å². The summed E-state index contributed by atoms with van der Waals surface area (Å²) in [6.07, 6.45) is 0.180. The maximum Gasteiger partial charge on any atom is 0.226 e. The summed E-state index contributed by atoms with van der Waals surface area (Å²) >= 11 is 0. The average molecular weight is 292 g/mol. The van der Waals surface area contributed by atoms with E-state index < -0.39 is 5.41 Å². The highest BCUT2D eigenvalue weighted by atomic mass is 16.5. The van der Waals surface area contributed by atoms with Crippen molar-refractivity contribution in [3.8, 4) is 5.75 Å². The summed E-state index contributed by atoms with van der Waals surface area (Å²) in [6.45, 7) is 10.6. The molecule has 0 aliphatic carbocycles. The quantitative estimate of drug-likeness (QED) is 0.812. The molecule has 21 heavy (non-hydrogen) atoms. The second-order valence-electron chi connectivity index (χ2n) is 6.30. The molecule has 0 aliphatic rings. The molecule has 0 fully saturated rings. The molecule has 0 heterocycles. The number of hydrogen-bond acceptors (Lipinski definition) is 3. The van der Waals surface area contributed by atoms with E-state index in [4.69, 9.17) is 4.74 Å². The van der Waals surface area contributed by atoms with Gasteiger partial charge >= 0.3 is 0 Å². The van der Waals surface area contributed by atoms with Gasteiger partial charge < -0.3 is 15.4 Å². The molecule has 1 aromatic carbocycles. The number of hydrogen-bond donors (Lipinski definition) is 2. The molecule has 0 spiro atoms. The van der Waals surface area contributed by atoms with E-state index in [1.165, 1.54) is 5.56 Å². The Morgan fingerprint density at radius 3 is 2.24 bits per heavy atom. The molecule has 4 nitrogen and oxygen atoms in total. The van der Waals surface area contributed by atoms with Gasteiger partial charge in [0.15, 0.2) is 0 Å². The number of rotatable bonds is 7. The van der Waals surface area contributed by atoms with E-state index in [0.29, 0.717) is 6.54 Å². The Morgan fingerprint density at radius 2 is 1.76 bits per heavy atom. The van der Waals surface area contributed by atoms with E-state index in [2.05, 4.69) is 29.7 Å². The highest BCUT2D eigenvalue weighted by Crippen LogP contribution is 2.20. The Balaban J connectivity index is 2.59. The number of carbonyl (C=O) groups excluding carboxylic acids is 1. The Hall–Kier alpha value is -1.55. The van der Waals surface area contributed by atoms with Crippen LogP contribution in [0.1, 0.15) is 46.2 Å². The smallest absolute Gasteiger partial charge is 0.226 e. The zero-order valence-electron chi connectivity index (χ0n) is 14.0. The van der Waals surface area contributed by atoms with Crippen molar-refractivity contribution in [2.45, 2.75) is 46.8 Å². The van der Waals surface area contributed by atoms with Crippen molar-refractivity contribution in [2.24, 2.45) is 5.41 Å². The maximum atomic E-state index is 11.8. The SMILES string of the molecule is CNC(=O)C(C)(C)CNC(C)c1ccc(OC(C)C)cc1. The number of ether oxygens (including phenoxy) is 1. The Kier molecular flexibility index (Phi) is 6.21. The molecular formula is C17H28N2O2. The minimum Gasteiger partial charge on any atom is -0.491 e. The summed E-state index contributed by atoms with van der Waals surface area (Å²) in [5.41, 5.74) is 0.753. The molecular weight excluding hydrogens is 264 g/mol. The molecule has 2 N–H and O–H groups in total. The van der Waals surface area contributed by atoms with Crippen molar-refractivity contribution in [3.63, 3.8) is 0 Å². The van der Waals surface area contributed by atoms with Crippen LogP contribution < -0.4 is 15.4 Å². The van der Waals surface area contributed by atoms with Crippen LogP contribution >= 0.6 is 0 Å². The van der Waals surface area contributed by atoms with Crippen LogP contribution in [-0.2, 0) is 4.79 Å². The monoisotopic (exact) mass is 292 g/mol. The summed E-state index contributed by atoms with van der Waals surface area (Å²) < 4.78 is 5.64. The van der Waals surface area contributed by atoms with Gasteiger partial charge in [-0.3, -0.25) is 4.79 Å². The third-order valence-electron chi connectivity index (χ3n) is 3.44. The number of carbonyl (C=O) groups is 1. The predicted octanol–water partition coefficient (Wildman–Crippen LogP) is 2.90. The standard InChI is InChI=1S/C17H28N2O2/c1-12(2)21-15-9-7-14(8-10-15)13(3)19-11-17(4,5)16(20)18-6/h7-10,12-13,19H,11H2,1-6H3,(H,18,20). The van der Waals surface area contributed by atoms with E-state index in [0.717, 1.165) is 5.75 Å². The molecule has 0 radical (unpaired) electrons. The van der Waals surface area contributed by atoms with Crippen molar-refractivity contribution in [3.05, 3.63) is 29.8 Å². The Morgan fingerprint density at radius 1 is 1.19 bits per heavy atom. The van der Waals surface area contributed by atoms with Gasteiger partial charge in [-0.2, -0.15) is 0 Å². The van der Waals surface area contributed by atoms with E-state index in [1.807, 2.05) is 39.8 Å². The van der Waals surface area contributed by atoms with Gasteiger partial charge in [0.25, 0.3) is 0 Å². The maximum absolute atomic E-state index is 11.8. The first kappa shape index (κ1) is 17.5. The molecule has 0 aliphatic heterocycles. The number of nitrogens with one attached hydrogen (secondary N) is 2. The highest BCUT2D eigenvalue weighted by Gasteiger charge is 2.26. The topological polar surface area (TPSA) is 50.4 Å². The first-order valence-corrected chi connectivity index (χ1v) is 7.48. The zero-order chi connectivity index (χ0) is 16.0. The number of amides is 1. The molecule has 0 aromatic heterocycles. The van der Waals surface area contributed by atoms with Crippen LogP contribution in [0.2, 0.25) is 0 Å². The largest absolute Gasteiger partial charge is 0.491 e. The fourth-order valence-corrected chi connectivity index (χ4v) is 2.05. The van der Waals surface area contributed by atoms with E-state index in [-0.39, 0.29) is 18.1 Å². The van der Waals surface area contributed by atoms with E-state index >= 15 is 0 Å². The molecule has 1 unspecified atom stereocenters. The summed E-state index contributed by atoms with van der Waals surface area (Å²) in [5, 5.41) is 6.11. The molecule has 1 aromatic rings. The Labute approximate surface area is 128 Å². The van der Waals surface area contributed by atoms with Crippen molar-refractivity contribution in [1.82, 2.24) is 10.6 Å². The summed E-state index contributed by atoms with van der Waals surface area (Å²) in [5.74, 6) is 0.925.